The molecule has 3 unspecified atom stereocenters. The van der Waals surface area contributed by atoms with E-state index in [0.717, 1.165) is 19.3 Å². The molecule has 0 spiro atoms. The largest absolute Gasteiger partial charge is 0.677 e. The molecule has 3 atom stereocenters. The maximum Gasteiger partial charge on any atom is 0.677 e. The Morgan fingerprint density at radius 2 is 0.905 bits per heavy atom. The van der Waals surface area contributed by atoms with Crippen LogP contribution in [0.3, 0.4) is 0 Å². The second-order valence-corrected chi connectivity index (χ2v) is 6.29. The quantitative estimate of drug-likeness (QED) is 0.589. The minimum Gasteiger partial charge on any atom is -0.412 e. The van der Waals surface area contributed by atoms with Gasteiger partial charge in [0.15, 0.2) is 0 Å². The van der Waals surface area contributed by atoms with Crippen LogP contribution >= 0.6 is 0 Å². The fourth-order valence-electron chi connectivity index (χ4n) is 1.10. The van der Waals surface area contributed by atoms with Crippen LogP contribution < -0.4 is 0 Å². The van der Waals surface area contributed by atoms with Gasteiger partial charge in [0.2, 0.25) is 0 Å². The van der Waals surface area contributed by atoms with E-state index in [-0.39, 0.29) is 56.5 Å². The molecule has 0 radical (unpaired) electrons. The van der Waals surface area contributed by atoms with Crippen molar-refractivity contribution in [1.29, 1.82) is 0 Å². The zero-order valence-electron chi connectivity index (χ0n) is 14.0. The van der Waals surface area contributed by atoms with Crippen molar-refractivity contribution in [2.45, 2.75) is 79.1 Å². The monoisotopic (exact) mass is 366 g/mol. The van der Waals surface area contributed by atoms with Crippen LogP contribution in [0.1, 0.15) is 60.8 Å². The van der Waals surface area contributed by atoms with Gasteiger partial charge in [0, 0.05) is 40.0 Å². The third-order valence-corrected chi connectivity index (χ3v) is 4.88. The van der Waals surface area contributed by atoms with Crippen LogP contribution in [0.15, 0.2) is 0 Å². The summed E-state index contributed by atoms with van der Waals surface area (Å²) >= 11 is 0. The molecule has 7 nitrogen and oxygen atoms in total. The van der Waals surface area contributed by atoms with Crippen LogP contribution in [0.25, 0.3) is 0 Å². The van der Waals surface area contributed by atoms with Crippen molar-refractivity contribution in [2.75, 3.05) is 0 Å². The molecule has 0 saturated heterocycles. The zero-order chi connectivity index (χ0) is 13.5. The van der Waals surface area contributed by atoms with Gasteiger partial charge in [-0.15, -0.1) is 0 Å². The summed E-state index contributed by atoms with van der Waals surface area (Å²) < 4.78 is 16.7. The van der Waals surface area contributed by atoms with Crippen molar-refractivity contribution < 1.29 is 56.2 Å². The SMILES string of the molecule is CCC(C)O[Si](O)(OC(C)CC)OC(C)CC.O.O.O.[Ti]. The predicted molar refractivity (Wildman–Crippen MR) is 81.3 cm³/mol. The summed E-state index contributed by atoms with van der Waals surface area (Å²) in [5.41, 5.74) is 0. The van der Waals surface area contributed by atoms with Gasteiger partial charge in [-0.05, 0) is 40.0 Å². The topological polar surface area (TPSA) is 142 Å². The van der Waals surface area contributed by atoms with Crippen LogP contribution in [0.2, 0.25) is 0 Å². The Hall–Kier alpha value is 0.651. The molecule has 0 rings (SSSR count). The summed E-state index contributed by atoms with van der Waals surface area (Å²) in [4.78, 5) is 10.4. The average Bonchev–Trinajstić information content (AvgIpc) is 2.27. The minimum atomic E-state index is -3.50. The Kier molecular flexibility index (Phi) is 27.0. The van der Waals surface area contributed by atoms with E-state index in [9.17, 15) is 4.80 Å². The first-order valence-electron chi connectivity index (χ1n) is 6.62. The fraction of sp³-hybridized carbons (Fsp3) is 1.00. The van der Waals surface area contributed by atoms with Gasteiger partial charge in [-0.2, -0.15) is 0 Å². The Bertz CT molecular complexity index is 181. The first kappa shape index (κ1) is 33.3. The van der Waals surface area contributed by atoms with Gasteiger partial charge in [-0.3, -0.25) is 0 Å². The molecule has 0 fully saturated rings. The number of hydrogen-bond donors (Lipinski definition) is 1. The maximum atomic E-state index is 10.4. The van der Waals surface area contributed by atoms with Crippen molar-refractivity contribution >= 4 is 9.05 Å². The normalized spacial score (nSPS) is 16.7. The van der Waals surface area contributed by atoms with Crippen molar-refractivity contribution in [3.63, 3.8) is 0 Å². The van der Waals surface area contributed by atoms with E-state index >= 15 is 0 Å². The molecule has 0 amide bonds. The molecule has 9 heteroatoms. The van der Waals surface area contributed by atoms with Crippen molar-refractivity contribution in [3.05, 3.63) is 0 Å². The Morgan fingerprint density at radius 3 is 1.05 bits per heavy atom. The molecule has 0 aliphatic rings. The summed E-state index contributed by atoms with van der Waals surface area (Å²) in [6.07, 6.45) is 2.30. The number of rotatable bonds is 9. The first-order valence-corrected chi connectivity index (χ1v) is 8.29. The smallest absolute Gasteiger partial charge is 0.412 e. The molecule has 0 aromatic carbocycles. The third kappa shape index (κ3) is 15.3. The summed E-state index contributed by atoms with van der Waals surface area (Å²) in [5.74, 6) is 0. The van der Waals surface area contributed by atoms with E-state index in [1.54, 1.807) is 0 Å². The van der Waals surface area contributed by atoms with E-state index in [2.05, 4.69) is 0 Å². The molecule has 0 aliphatic heterocycles. The third-order valence-electron chi connectivity index (χ3n) is 2.78. The van der Waals surface area contributed by atoms with E-state index in [1.165, 1.54) is 0 Å². The van der Waals surface area contributed by atoms with Crippen molar-refractivity contribution in [1.82, 2.24) is 0 Å². The molecule has 0 aliphatic carbocycles. The maximum absolute atomic E-state index is 10.4. The summed E-state index contributed by atoms with van der Waals surface area (Å²) in [5, 5.41) is 0. The molecule has 132 valence electrons. The predicted octanol–water partition coefficient (Wildman–Crippen LogP) is 0.383. The molecular formula is C12H34O7SiTi. The van der Waals surface area contributed by atoms with E-state index in [1.807, 2.05) is 41.5 Å². The van der Waals surface area contributed by atoms with Gasteiger partial charge in [0.05, 0.1) is 0 Å². The van der Waals surface area contributed by atoms with Gasteiger partial charge in [-0.1, -0.05) is 20.8 Å². The van der Waals surface area contributed by atoms with Crippen molar-refractivity contribution in [2.24, 2.45) is 0 Å². The second kappa shape index (κ2) is 17.0. The minimum absolute atomic E-state index is 0. The van der Waals surface area contributed by atoms with Gasteiger partial charge < -0.3 is 34.5 Å². The van der Waals surface area contributed by atoms with Crippen LogP contribution in [-0.2, 0) is 35.0 Å². The molecule has 7 N–H and O–H groups in total. The van der Waals surface area contributed by atoms with E-state index in [0.29, 0.717) is 0 Å². The molecule has 0 aromatic heterocycles. The molecule has 0 saturated carbocycles. The van der Waals surface area contributed by atoms with Gasteiger partial charge >= 0.3 is 9.05 Å². The standard InChI is InChI=1S/C12H28O4Si.3H2O.Ti/c1-7-10(4)14-17(13,15-11(5)8-2)16-12(6)9-3;;;;/h10-13H,7-9H2,1-6H3;3*1H2;. The number of hydrogen-bond acceptors (Lipinski definition) is 4. The summed E-state index contributed by atoms with van der Waals surface area (Å²) in [7, 11) is -3.50. The zero-order valence-corrected chi connectivity index (χ0v) is 16.6. The van der Waals surface area contributed by atoms with Gasteiger partial charge in [-0.25, -0.2) is 0 Å². The van der Waals surface area contributed by atoms with E-state index < -0.39 is 9.05 Å². The van der Waals surface area contributed by atoms with E-state index in [4.69, 9.17) is 13.3 Å². The Morgan fingerprint density at radius 1 is 0.714 bits per heavy atom. The fourth-order valence-corrected chi connectivity index (χ4v) is 3.29. The van der Waals surface area contributed by atoms with Crippen molar-refractivity contribution in [3.8, 4) is 0 Å². The molecular weight excluding hydrogens is 332 g/mol. The second-order valence-electron chi connectivity index (χ2n) is 4.53. The van der Waals surface area contributed by atoms with Gasteiger partial charge in [0.25, 0.3) is 0 Å². The molecule has 0 heterocycles. The van der Waals surface area contributed by atoms with Crippen LogP contribution in [0.5, 0.6) is 0 Å². The summed E-state index contributed by atoms with van der Waals surface area (Å²) in [6, 6.07) is 0. The van der Waals surface area contributed by atoms with Crippen LogP contribution in [0, 0.1) is 0 Å². The first-order chi connectivity index (χ1) is 7.86. The molecule has 0 aromatic rings. The molecule has 21 heavy (non-hydrogen) atoms. The van der Waals surface area contributed by atoms with Gasteiger partial charge in [0.1, 0.15) is 0 Å². The van der Waals surface area contributed by atoms with Crippen LogP contribution in [-0.4, -0.2) is 48.6 Å². The molecule has 0 bridgehead atoms. The summed E-state index contributed by atoms with van der Waals surface area (Å²) in [6.45, 7) is 11.8. The Labute approximate surface area is 144 Å². The average molecular weight is 366 g/mol. The van der Waals surface area contributed by atoms with Crippen LogP contribution in [0.4, 0.5) is 0 Å². The Balaban J connectivity index is -0.000000213.